The number of carbonyl (C=O) groups excluding carboxylic acids is 3. The number of likely N-dealkylation sites (N-methyl/N-ethyl adjacent to an activating group) is 1. The van der Waals surface area contributed by atoms with E-state index < -0.39 is 30.4 Å². The van der Waals surface area contributed by atoms with Gasteiger partial charge in [-0.05, 0) is 52.9 Å². The van der Waals surface area contributed by atoms with E-state index in [2.05, 4.69) is 17.1 Å². The van der Waals surface area contributed by atoms with Gasteiger partial charge in [-0.2, -0.15) is 0 Å². The molecule has 11 nitrogen and oxygen atoms in total. The minimum atomic E-state index is -1.01. The highest BCUT2D eigenvalue weighted by atomic mass is 16.7. The molecule has 5 aromatic rings. The number of nitrogens with one attached hydrogen (secondary N) is 1. The second-order valence-electron chi connectivity index (χ2n) is 15.4. The molecule has 2 aliphatic heterocycles. The molecular formula is C48H51N3O8. The van der Waals surface area contributed by atoms with Gasteiger partial charge in [0.1, 0.15) is 12.6 Å². The van der Waals surface area contributed by atoms with Crippen molar-refractivity contribution < 1.29 is 38.8 Å². The Balaban J connectivity index is 1.05. The van der Waals surface area contributed by atoms with Crippen LogP contribution < -0.4 is 5.32 Å². The van der Waals surface area contributed by atoms with Crippen LogP contribution in [0.5, 0.6) is 0 Å². The highest BCUT2D eigenvalue weighted by Crippen LogP contribution is 2.42. The number of ether oxygens (including phenoxy) is 3. The molecule has 0 aromatic heterocycles. The molecule has 2 saturated heterocycles. The highest BCUT2D eigenvalue weighted by Gasteiger charge is 2.41. The molecular weight excluding hydrogens is 747 g/mol. The number of carbonyl (C=O) groups is 3. The zero-order valence-electron chi connectivity index (χ0n) is 33.5. The first-order chi connectivity index (χ1) is 28.6. The van der Waals surface area contributed by atoms with E-state index in [1.165, 1.54) is 4.90 Å². The Kier molecular flexibility index (Phi) is 13.3. The number of hydrogen-bond acceptors (Lipinski definition) is 9. The van der Waals surface area contributed by atoms with Crippen molar-refractivity contribution in [3.63, 3.8) is 0 Å². The fourth-order valence-electron chi connectivity index (χ4n) is 7.75. The van der Waals surface area contributed by atoms with Gasteiger partial charge in [0.2, 0.25) is 5.91 Å². The Labute approximate surface area is 345 Å². The van der Waals surface area contributed by atoms with Gasteiger partial charge < -0.3 is 29.7 Å². The van der Waals surface area contributed by atoms with Crippen molar-refractivity contribution in [2.75, 3.05) is 13.6 Å². The molecule has 2 aliphatic rings. The molecule has 2 fully saturated rings. The van der Waals surface area contributed by atoms with E-state index in [-0.39, 0.29) is 56.3 Å². The third-order valence-electron chi connectivity index (χ3n) is 11.5. The maximum absolute atomic E-state index is 13.4. The summed E-state index contributed by atoms with van der Waals surface area (Å²) >= 11 is 0. The summed E-state index contributed by atoms with van der Waals surface area (Å²) in [5.41, 5.74) is 6.77. The largest absolute Gasteiger partial charge is 0.445 e. The third-order valence-corrected chi connectivity index (χ3v) is 11.5. The third kappa shape index (κ3) is 9.79. The first-order valence-electron chi connectivity index (χ1n) is 20.0. The van der Waals surface area contributed by atoms with E-state index in [0.717, 1.165) is 44.5 Å². The molecule has 11 heteroatoms. The maximum atomic E-state index is 13.4. The van der Waals surface area contributed by atoms with Gasteiger partial charge in [-0.3, -0.25) is 19.4 Å². The number of benzene rings is 5. The minimum Gasteiger partial charge on any atom is -0.445 e. The van der Waals surface area contributed by atoms with Crippen LogP contribution in [0.25, 0.3) is 11.1 Å². The number of aliphatic hydroxyl groups excluding tert-OH is 2. The zero-order valence-corrected chi connectivity index (χ0v) is 33.5. The summed E-state index contributed by atoms with van der Waals surface area (Å²) in [6.45, 7) is 4.71. The summed E-state index contributed by atoms with van der Waals surface area (Å²) in [5, 5.41) is 23.5. The monoisotopic (exact) mass is 797 g/mol. The summed E-state index contributed by atoms with van der Waals surface area (Å²) in [7, 11) is 2.00. The average Bonchev–Trinajstić information content (AvgIpc) is 3.53. The molecule has 306 valence electrons. The summed E-state index contributed by atoms with van der Waals surface area (Å²) in [4.78, 5) is 42.3. The van der Waals surface area contributed by atoms with E-state index >= 15 is 0 Å². The van der Waals surface area contributed by atoms with Gasteiger partial charge in [0.05, 0.1) is 37.9 Å². The summed E-state index contributed by atoms with van der Waals surface area (Å²) in [5.74, 6) is -0.909. The van der Waals surface area contributed by atoms with Crippen LogP contribution in [0.2, 0.25) is 0 Å². The van der Waals surface area contributed by atoms with Crippen molar-refractivity contribution in [1.82, 2.24) is 15.1 Å². The average molecular weight is 798 g/mol. The molecule has 0 aliphatic carbocycles. The molecule has 2 heterocycles. The van der Waals surface area contributed by atoms with Gasteiger partial charge in [-0.15, -0.1) is 0 Å². The minimum absolute atomic E-state index is 0.0446. The van der Waals surface area contributed by atoms with E-state index in [1.54, 1.807) is 0 Å². The Hall–Kier alpha value is -5.69. The molecule has 59 heavy (non-hydrogen) atoms. The van der Waals surface area contributed by atoms with Crippen LogP contribution >= 0.6 is 0 Å². The predicted molar refractivity (Wildman–Crippen MR) is 222 cm³/mol. The zero-order chi connectivity index (χ0) is 41.5. The van der Waals surface area contributed by atoms with Crippen LogP contribution in [0, 0.1) is 5.92 Å². The molecule has 3 N–H and O–H groups in total. The molecule has 0 bridgehead atoms. The maximum Gasteiger partial charge on any atom is 0.408 e. The second-order valence-corrected chi connectivity index (χ2v) is 15.4. The Morgan fingerprint density at radius 3 is 2.19 bits per heavy atom. The van der Waals surface area contributed by atoms with Crippen LogP contribution in [0.1, 0.15) is 72.1 Å². The number of amides is 3. The second kappa shape index (κ2) is 18.9. The predicted octanol–water partition coefficient (Wildman–Crippen LogP) is 7.25. The SMILES string of the molecule is C[C@@H]1[C@H](CN(C)[C@@H](C)[C@H](O)c2ccccc2)O[C@H](c2ccc(-c3ccccc3CN3C(=O)CC(NC(=O)OCc4ccccc4)C3=O)cc2)O[C@@H]1c1ccc(CO)cc1. The van der Waals surface area contributed by atoms with E-state index in [1.807, 2.05) is 147 Å². The number of nitrogens with zero attached hydrogens (tertiary/aromatic N) is 2. The van der Waals surface area contributed by atoms with Crippen LogP contribution in [0.4, 0.5) is 4.79 Å². The number of aliphatic hydroxyl groups is 2. The van der Waals surface area contributed by atoms with Gasteiger partial charge in [-0.25, -0.2) is 4.79 Å². The lowest BCUT2D eigenvalue weighted by Gasteiger charge is -2.43. The van der Waals surface area contributed by atoms with Crippen molar-refractivity contribution >= 4 is 17.9 Å². The van der Waals surface area contributed by atoms with E-state index in [9.17, 15) is 24.6 Å². The fourth-order valence-corrected chi connectivity index (χ4v) is 7.75. The lowest BCUT2D eigenvalue weighted by molar-refractivity contribution is -0.276. The van der Waals surface area contributed by atoms with Crippen LogP contribution in [0.3, 0.4) is 0 Å². The van der Waals surface area contributed by atoms with Gasteiger partial charge in [-0.1, -0.05) is 140 Å². The summed E-state index contributed by atoms with van der Waals surface area (Å²) in [6.07, 6.45) is -2.86. The Bertz CT molecular complexity index is 2180. The molecule has 0 spiro atoms. The van der Waals surface area contributed by atoms with Crippen molar-refractivity contribution in [1.29, 1.82) is 0 Å². The van der Waals surface area contributed by atoms with Crippen molar-refractivity contribution in [2.45, 2.75) is 76.7 Å². The standard InChI is InChI=1S/C48H51N3O8/c1-31-42(28-50(3)32(2)44(54)36-14-8-5-9-15-36)58-47(59-45(31)37-20-18-33(29-52)19-21-37)38-24-22-35(23-25-38)40-17-11-10-16-39(40)27-51-43(53)26-41(46(51)55)49-48(56)57-30-34-12-6-4-7-13-34/h4-25,31-32,41-42,44-45,47,52,54H,26-30H2,1-3H3,(H,49,56)/t31-,32+,41?,42+,44+,45+,47+/m1/s1. The number of imide groups is 1. The lowest BCUT2D eigenvalue weighted by Crippen LogP contribution is -2.46. The Morgan fingerprint density at radius 2 is 1.49 bits per heavy atom. The van der Waals surface area contributed by atoms with Crippen molar-refractivity contribution in [2.24, 2.45) is 5.92 Å². The molecule has 3 amide bonds. The normalized spacial score (nSPS) is 21.7. The molecule has 0 radical (unpaired) electrons. The molecule has 1 unspecified atom stereocenters. The van der Waals surface area contributed by atoms with Gasteiger partial charge in [0, 0.05) is 24.1 Å². The molecule has 5 aromatic carbocycles. The van der Waals surface area contributed by atoms with Crippen LogP contribution in [-0.4, -0.2) is 69.7 Å². The summed E-state index contributed by atoms with van der Waals surface area (Å²) in [6, 6.07) is 40.9. The smallest absolute Gasteiger partial charge is 0.408 e. The van der Waals surface area contributed by atoms with Crippen molar-refractivity contribution in [3.8, 4) is 11.1 Å². The first kappa shape index (κ1) is 41.5. The number of hydrogen-bond donors (Lipinski definition) is 3. The number of alkyl carbamates (subject to hydrolysis) is 1. The fraction of sp³-hybridized carbons (Fsp3) is 0.312. The van der Waals surface area contributed by atoms with E-state index in [0.29, 0.717) is 6.54 Å². The van der Waals surface area contributed by atoms with Gasteiger partial charge >= 0.3 is 6.09 Å². The number of rotatable bonds is 14. The topological polar surface area (TPSA) is 138 Å². The summed E-state index contributed by atoms with van der Waals surface area (Å²) < 4.78 is 18.7. The van der Waals surface area contributed by atoms with Crippen LogP contribution in [-0.2, 0) is 43.6 Å². The van der Waals surface area contributed by atoms with E-state index in [4.69, 9.17) is 14.2 Å². The Morgan fingerprint density at radius 1 is 0.847 bits per heavy atom. The van der Waals surface area contributed by atoms with Gasteiger partial charge in [0.25, 0.3) is 5.91 Å². The lowest BCUT2D eigenvalue weighted by atomic mass is 9.89. The van der Waals surface area contributed by atoms with Gasteiger partial charge in [0.15, 0.2) is 6.29 Å². The molecule has 0 saturated carbocycles. The van der Waals surface area contributed by atoms with Crippen molar-refractivity contribution in [3.05, 3.63) is 167 Å². The highest BCUT2D eigenvalue weighted by molar-refractivity contribution is 6.06. The van der Waals surface area contributed by atoms with Crippen LogP contribution in [0.15, 0.2) is 133 Å². The molecule has 7 atom stereocenters. The first-order valence-corrected chi connectivity index (χ1v) is 20.0. The molecule has 7 rings (SSSR count). The quantitative estimate of drug-likeness (QED) is 0.0993. The number of likely N-dealkylation sites (tertiary alicyclic amines) is 1.